The second-order valence-corrected chi connectivity index (χ2v) is 3.49. The fourth-order valence-electron chi connectivity index (χ4n) is 1.53. The molecule has 0 unspecified atom stereocenters. The van der Waals surface area contributed by atoms with E-state index in [2.05, 4.69) is 4.98 Å². The third-order valence-corrected chi connectivity index (χ3v) is 2.31. The molecule has 0 radical (unpaired) electrons. The maximum atomic E-state index is 12.9. The SMILES string of the molecule is Fc1cccc(CCc2cccnc2)c1. The maximum Gasteiger partial charge on any atom is 0.123 e. The van der Waals surface area contributed by atoms with E-state index in [0.29, 0.717) is 0 Å². The minimum atomic E-state index is -0.168. The van der Waals surface area contributed by atoms with Gasteiger partial charge in [-0.3, -0.25) is 4.98 Å². The number of aromatic nitrogens is 1. The molecule has 0 bridgehead atoms. The van der Waals surface area contributed by atoms with Crippen LogP contribution < -0.4 is 0 Å². The number of benzene rings is 1. The van der Waals surface area contributed by atoms with Gasteiger partial charge in [-0.15, -0.1) is 0 Å². The maximum absolute atomic E-state index is 12.9. The summed E-state index contributed by atoms with van der Waals surface area (Å²) >= 11 is 0. The van der Waals surface area contributed by atoms with Crippen LogP contribution in [-0.2, 0) is 12.8 Å². The Labute approximate surface area is 88.6 Å². The molecule has 0 spiro atoms. The zero-order valence-corrected chi connectivity index (χ0v) is 8.36. The van der Waals surface area contributed by atoms with E-state index in [1.165, 1.54) is 11.6 Å². The fourth-order valence-corrected chi connectivity index (χ4v) is 1.53. The van der Waals surface area contributed by atoms with Gasteiger partial charge in [0, 0.05) is 12.4 Å². The van der Waals surface area contributed by atoms with Gasteiger partial charge >= 0.3 is 0 Å². The number of pyridine rings is 1. The highest BCUT2D eigenvalue weighted by Crippen LogP contribution is 2.07. The van der Waals surface area contributed by atoms with Crippen LogP contribution in [0.5, 0.6) is 0 Å². The molecule has 0 saturated heterocycles. The Morgan fingerprint density at radius 2 is 1.80 bits per heavy atom. The van der Waals surface area contributed by atoms with Crippen molar-refractivity contribution in [3.63, 3.8) is 0 Å². The molecule has 1 heterocycles. The van der Waals surface area contributed by atoms with Crippen molar-refractivity contribution in [1.29, 1.82) is 0 Å². The van der Waals surface area contributed by atoms with Crippen LogP contribution in [0.25, 0.3) is 0 Å². The molecule has 0 aliphatic rings. The largest absolute Gasteiger partial charge is 0.264 e. The van der Waals surface area contributed by atoms with Gasteiger partial charge in [0.1, 0.15) is 5.82 Å². The normalized spacial score (nSPS) is 10.2. The second kappa shape index (κ2) is 4.69. The average molecular weight is 201 g/mol. The molecule has 1 aromatic heterocycles. The third kappa shape index (κ3) is 2.88. The highest BCUT2D eigenvalue weighted by molar-refractivity contribution is 5.18. The number of hydrogen-bond acceptors (Lipinski definition) is 1. The van der Waals surface area contributed by atoms with E-state index in [1.54, 1.807) is 18.3 Å². The van der Waals surface area contributed by atoms with Crippen molar-refractivity contribution in [3.05, 3.63) is 65.7 Å². The minimum Gasteiger partial charge on any atom is -0.264 e. The smallest absolute Gasteiger partial charge is 0.123 e. The fraction of sp³-hybridized carbons (Fsp3) is 0.154. The van der Waals surface area contributed by atoms with Crippen molar-refractivity contribution in [2.24, 2.45) is 0 Å². The van der Waals surface area contributed by atoms with Crippen molar-refractivity contribution < 1.29 is 4.39 Å². The van der Waals surface area contributed by atoms with Crippen molar-refractivity contribution in [2.45, 2.75) is 12.8 Å². The van der Waals surface area contributed by atoms with Crippen LogP contribution >= 0.6 is 0 Å². The van der Waals surface area contributed by atoms with Crippen molar-refractivity contribution in [3.8, 4) is 0 Å². The average Bonchev–Trinajstić information content (AvgIpc) is 2.28. The van der Waals surface area contributed by atoms with E-state index < -0.39 is 0 Å². The predicted octanol–water partition coefficient (Wildman–Crippen LogP) is 3.01. The first kappa shape index (κ1) is 9.84. The molecule has 2 aromatic rings. The lowest BCUT2D eigenvalue weighted by molar-refractivity contribution is 0.625. The van der Waals surface area contributed by atoms with E-state index in [-0.39, 0.29) is 5.82 Å². The zero-order chi connectivity index (χ0) is 10.5. The summed E-state index contributed by atoms with van der Waals surface area (Å²) in [6.45, 7) is 0. The summed E-state index contributed by atoms with van der Waals surface area (Å²) in [6, 6.07) is 10.7. The standard InChI is InChI=1S/C13H12FN/c14-13-5-1-3-11(9-13)6-7-12-4-2-8-15-10-12/h1-5,8-10H,6-7H2. The van der Waals surface area contributed by atoms with Gasteiger partial charge in [0.25, 0.3) is 0 Å². The molecule has 0 amide bonds. The molecule has 0 aliphatic heterocycles. The topological polar surface area (TPSA) is 12.9 Å². The molecule has 2 heteroatoms. The first-order chi connectivity index (χ1) is 7.34. The second-order valence-electron chi connectivity index (χ2n) is 3.49. The van der Waals surface area contributed by atoms with Crippen molar-refractivity contribution >= 4 is 0 Å². The summed E-state index contributed by atoms with van der Waals surface area (Å²) in [5.41, 5.74) is 2.21. The molecule has 1 nitrogen and oxygen atoms in total. The van der Waals surface area contributed by atoms with Crippen LogP contribution in [0.3, 0.4) is 0 Å². The Kier molecular flexibility index (Phi) is 3.08. The van der Waals surface area contributed by atoms with Crippen LogP contribution in [0, 0.1) is 5.82 Å². The lowest BCUT2D eigenvalue weighted by Gasteiger charge is -2.01. The molecule has 0 atom stereocenters. The Bertz CT molecular complexity index is 426. The lowest BCUT2D eigenvalue weighted by atomic mass is 10.1. The van der Waals surface area contributed by atoms with E-state index in [9.17, 15) is 4.39 Å². The van der Waals surface area contributed by atoms with Crippen LogP contribution in [0.15, 0.2) is 48.8 Å². The number of halogens is 1. The molecule has 0 N–H and O–H groups in total. The van der Waals surface area contributed by atoms with Crippen molar-refractivity contribution in [1.82, 2.24) is 4.98 Å². The molecule has 15 heavy (non-hydrogen) atoms. The Hall–Kier alpha value is -1.70. The molecule has 0 fully saturated rings. The predicted molar refractivity (Wildman–Crippen MR) is 58.0 cm³/mol. The number of aryl methyl sites for hydroxylation is 2. The Morgan fingerprint density at radius 3 is 2.53 bits per heavy atom. The zero-order valence-electron chi connectivity index (χ0n) is 8.36. The molecule has 76 valence electrons. The van der Waals surface area contributed by atoms with E-state index in [4.69, 9.17) is 0 Å². The van der Waals surface area contributed by atoms with Gasteiger partial charge < -0.3 is 0 Å². The van der Waals surface area contributed by atoms with Gasteiger partial charge in [-0.1, -0.05) is 18.2 Å². The van der Waals surface area contributed by atoms with Crippen molar-refractivity contribution in [2.75, 3.05) is 0 Å². The highest BCUT2D eigenvalue weighted by atomic mass is 19.1. The van der Waals surface area contributed by atoms with Crippen LogP contribution in [-0.4, -0.2) is 4.98 Å². The summed E-state index contributed by atoms with van der Waals surface area (Å²) in [6.07, 6.45) is 5.35. The van der Waals surface area contributed by atoms with Gasteiger partial charge in [-0.2, -0.15) is 0 Å². The monoisotopic (exact) mass is 201 g/mol. The molecule has 1 aromatic carbocycles. The highest BCUT2D eigenvalue weighted by Gasteiger charge is 1.96. The number of hydrogen-bond donors (Lipinski definition) is 0. The molecule has 0 aliphatic carbocycles. The number of rotatable bonds is 3. The van der Waals surface area contributed by atoms with Gasteiger partial charge in [0.15, 0.2) is 0 Å². The Morgan fingerprint density at radius 1 is 1.00 bits per heavy atom. The van der Waals surface area contributed by atoms with Gasteiger partial charge in [0.2, 0.25) is 0 Å². The minimum absolute atomic E-state index is 0.168. The van der Waals surface area contributed by atoms with E-state index >= 15 is 0 Å². The van der Waals surface area contributed by atoms with E-state index in [1.807, 2.05) is 24.4 Å². The molecule has 2 rings (SSSR count). The third-order valence-electron chi connectivity index (χ3n) is 2.31. The quantitative estimate of drug-likeness (QED) is 0.743. The molecular weight excluding hydrogens is 189 g/mol. The summed E-state index contributed by atoms with van der Waals surface area (Å²) in [5.74, 6) is -0.168. The lowest BCUT2D eigenvalue weighted by Crippen LogP contribution is -1.92. The van der Waals surface area contributed by atoms with Gasteiger partial charge in [0.05, 0.1) is 0 Å². The summed E-state index contributed by atoms with van der Waals surface area (Å²) < 4.78 is 12.9. The van der Waals surface area contributed by atoms with Crippen LogP contribution in [0.1, 0.15) is 11.1 Å². The first-order valence-corrected chi connectivity index (χ1v) is 4.98. The summed E-state index contributed by atoms with van der Waals surface area (Å²) in [5, 5.41) is 0. The van der Waals surface area contributed by atoms with Gasteiger partial charge in [-0.25, -0.2) is 4.39 Å². The van der Waals surface area contributed by atoms with E-state index in [0.717, 1.165) is 18.4 Å². The number of nitrogens with zero attached hydrogens (tertiary/aromatic N) is 1. The molecule has 0 saturated carbocycles. The van der Waals surface area contributed by atoms with Gasteiger partial charge in [-0.05, 0) is 42.2 Å². The summed E-state index contributed by atoms with van der Waals surface area (Å²) in [7, 11) is 0. The van der Waals surface area contributed by atoms with Crippen LogP contribution in [0.2, 0.25) is 0 Å². The molecular formula is C13H12FN. The summed E-state index contributed by atoms with van der Waals surface area (Å²) in [4.78, 5) is 4.04. The first-order valence-electron chi connectivity index (χ1n) is 4.98. The Balaban J connectivity index is 1.99. The van der Waals surface area contributed by atoms with Crippen LogP contribution in [0.4, 0.5) is 4.39 Å².